The van der Waals surface area contributed by atoms with E-state index >= 15 is 0 Å². The van der Waals surface area contributed by atoms with Crippen LogP contribution in [-0.4, -0.2) is 48.1 Å². The number of fused-ring (bicyclic) bond motifs is 1. The molecule has 4 rings (SSSR count). The van der Waals surface area contributed by atoms with E-state index in [0.29, 0.717) is 0 Å². The lowest BCUT2D eigenvalue weighted by Gasteiger charge is -2.32. The fourth-order valence-electron chi connectivity index (χ4n) is 3.64. The van der Waals surface area contributed by atoms with Gasteiger partial charge in [0.1, 0.15) is 5.82 Å². The summed E-state index contributed by atoms with van der Waals surface area (Å²) in [7, 11) is 2.17. The molecule has 0 atom stereocenters. The number of hydrogen-bond donors (Lipinski definition) is 1. The lowest BCUT2D eigenvalue weighted by molar-refractivity contribution is 0.311. The smallest absolute Gasteiger partial charge is 0.227 e. The van der Waals surface area contributed by atoms with Crippen LogP contribution in [0, 0.1) is 13.8 Å². The first kappa shape index (κ1) is 17.7. The van der Waals surface area contributed by atoms with Crippen LogP contribution >= 0.6 is 0 Å². The predicted octanol–water partition coefficient (Wildman–Crippen LogP) is 3.61. The molecule has 2 heterocycles. The van der Waals surface area contributed by atoms with Gasteiger partial charge in [0, 0.05) is 38.1 Å². The molecule has 0 bridgehead atoms. The Balaban J connectivity index is 1.72. The van der Waals surface area contributed by atoms with E-state index < -0.39 is 0 Å². The molecule has 0 amide bonds. The van der Waals surface area contributed by atoms with Gasteiger partial charge in [-0.15, -0.1) is 0 Å². The van der Waals surface area contributed by atoms with Gasteiger partial charge in [0.25, 0.3) is 0 Å². The topological polar surface area (TPSA) is 44.3 Å². The molecule has 27 heavy (non-hydrogen) atoms. The van der Waals surface area contributed by atoms with Crippen LogP contribution in [0.15, 0.2) is 42.5 Å². The second-order valence-corrected chi connectivity index (χ2v) is 7.48. The minimum Gasteiger partial charge on any atom is -0.365 e. The number of aromatic nitrogens is 2. The summed E-state index contributed by atoms with van der Waals surface area (Å²) in [5.41, 5.74) is 4.72. The number of aryl methyl sites for hydroxylation is 2. The first-order valence-electron chi connectivity index (χ1n) is 9.60. The maximum absolute atomic E-state index is 4.94. The monoisotopic (exact) mass is 361 g/mol. The van der Waals surface area contributed by atoms with E-state index in [4.69, 9.17) is 9.97 Å². The van der Waals surface area contributed by atoms with Gasteiger partial charge in [-0.3, -0.25) is 0 Å². The molecule has 0 spiro atoms. The van der Waals surface area contributed by atoms with E-state index in [-0.39, 0.29) is 0 Å². The van der Waals surface area contributed by atoms with Crippen molar-refractivity contribution >= 4 is 22.7 Å². The van der Waals surface area contributed by atoms with Crippen molar-refractivity contribution in [1.29, 1.82) is 0 Å². The highest BCUT2D eigenvalue weighted by Gasteiger charge is 2.19. The van der Waals surface area contributed by atoms with E-state index in [1.54, 1.807) is 0 Å². The molecular weight excluding hydrogens is 334 g/mol. The summed E-state index contributed by atoms with van der Waals surface area (Å²) in [6, 6.07) is 14.8. The summed E-state index contributed by atoms with van der Waals surface area (Å²) < 4.78 is 0. The molecule has 5 nitrogen and oxygen atoms in total. The van der Waals surface area contributed by atoms with E-state index in [0.717, 1.165) is 55.4 Å². The lowest BCUT2D eigenvalue weighted by Crippen LogP contribution is -2.45. The number of piperazine rings is 1. The maximum atomic E-state index is 4.94. The molecule has 0 saturated carbocycles. The van der Waals surface area contributed by atoms with Crippen LogP contribution in [0.5, 0.6) is 0 Å². The van der Waals surface area contributed by atoms with Gasteiger partial charge >= 0.3 is 0 Å². The Morgan fingerprint density at radius 1 is 0.963 bits per heavy atom. The third kappa shape index (κ3) is 3.88. The second-order valence-electron chi connectivity index (χ2n) is 7.48. The van der Waals surface area contributed by atoms with E-state index in [1.165, 1.54) is 16.7 Å². The minimum absolute atomic E-state index is 0.752. The molecule has 0 radical (unpaired) electrons. The molecule has 0 unspecified atom stereocenters. The molecule has 0 aliphatic carbocycles. The molecule has 1 aromatic heterocycles. The molecule has 1 N–H and O–H groups in total. The molecule has 3 aromatic rings. The van der Waals surface area contributed by atoms with Crippen LogP contribution in [0.1, 0.15) is 16.7 Å². The number of nitrogens with zero attached hydrogens (tertiary/aromatic N) is 4. The SMILES string of the molecule is Cc1cc(C)c2nc(N3CCN(C)CC3)nc(NCc3ccccc3)c2c1. The van der Waals surface area contributed by atoms with E-state index in [1.807, 2.05) is 6.07 Å². The number of rotatable bonds is 4. The molecule has 2 aromatic carbocycles. The number of nitrogens with one attached hydrogen (secondary N) is 1. The number of hydrogen-bond acceptors (Lipinski definition) is 5. The molecule has 140 valence electrons. The number of anilines is 2. The first-order valence-corrected chi connectivity index (χ1v) is 9.60. The average molecular weight is 361 g/mol. The molecule has 5 heteroatoms. The van der Waals surface area contributed by atoms with Gasteiger partial charge in [0.05, 0.1) is 5.52 Å². The largest absolute Gasteiger partial charge is 0.365 e. The predicted molar refractivity (Wildman–Crippen MR) is 112 cm³/mol. The summed E-state index contributed by atoms with van der Waals surface area (Å²) in [5, 5.41) is 4.66. The van der Waals surface area contributed by atoms with Crippen molar-refractivity contribution in [3.05, 3.63) is 59.2 Å². The standard InChI is InChI=1S/C22H27N5/c1-16-13-17(2)20-19(14-16)21(23-15-18-7-5-4-6-8-18)25-22(24-20)27-11-9-26(3)10-12-27/h4-8,13-14H,9-12,15H2,1-3H3,(H,23,24,25). The maximum Gasteiger partial charge on any atom is 0.227 e. The van der Waals surface area contributed by atoms with Crippen molar-refractivity contribution in [3.8, 4) is 0 Å². The van der Waals surface area contributed by atoms with Crippen molar-refractivity contribution < 1.29 is 0 Å². The molecular formula is C22H27N5. The van der Waals surface area contributed by atoms with Crippen molar-refractivity contribution in [2.45, 2.75) is 20.4 Å². The highest BCUT2D eigenvalue weighted by atomic mass is 15.3. The second kappa shape index (κ2) is 7.53. The summed E-state index contributed by atoms with van der Waals surface area (Å²) in [6.07, 6.45) is 0. The Kier molecular flexibility index (Phi) is 4.94. The quantitative estimate of drug-likeness (QED) is 0.769. The molecule has 1 fully saturated rings. The average Bonchev–Trinajstić information content (AvgIpc) is 2.68. The minimum atomic E-state index is 0.752. The fraction of sp³-hybridized carbons (Fsp3) is 0.364. The molecule has 1 aliphatic heterocycles. The summed E-state index contributed by atoms with van der Waals surface area (Å²) in [4.78, 5) is 14.5. The Morgan fingerprint density at radius 2 is 1.70 bits per heavy atom. The normalized spacial score (nSPS) is 15.3. The van der Waals surface area contributed by atoms with Crippen LogP contribution in [0.2, 0.25) is 0 Å². The van der Waals surface area contributed by atoms with Gasteiger partial charge in [0.15, 0.2) is 0 Å². The van der Waals surface area contributed by atoms with Crippen LogP contribution in [0.4, 0.5) is 11.8 Å². The fourth-order valence-corrected chi connectivity index (χ4v) is 3.64. The van der Waals surface area contributed by atoms with E-state index in [9.17, 15) is 0 Å². The van der Waals surface area contributed by atoms with E-state index in [2.05, 4.69) is 72.4 Å². The third-order valence-corrected chi connectivity index (χ3v) is 5.21. The third-order valence-electron chi connectivity index (χ3n) is 5.21. The molecule has 1 saturated heterocycles. The number of likely N-dealkylation sites (N-methyl/N-ethyl adjacent to an activating group) is 1. The van der Waals surface area contributed by atoms with Crippen LogP contribution in [0.25, 0.3) is 10.9 Å². The van der Waals surface area contributed by atoms with Gasteiger partial charge in [-0.05, 0) is 43.7 Å². The zero-order chi connectivity index (χ0) is 18.8. The van der Waals surface area contributed by atoms with Crippen molar-refractivity contribution in [2.75, 3.05) is 43.4 Å². The van der Waals surface area contributed by atoms with Crippen molar-refractivity contribution in [3.63, 3.8) is 0 Å². The zero-order valence-corrected chi connectivity index (χ0v) is 16.4. The van der Waals surface area contributed by atoms with Crippen molar-refractivity contribution in [1.82, 2.24) is 14.9 Å². The Morgan fingerprint density at radius 3 is 2.44 bits per heavy atom. The Hall–Kier alpha value is -2.66. The van der Waals surface area contributed by atoms with Crippen molar-refractivity contribution in [2.24, 2.45) is 0 Å². The number of benzene rings is 2. The van der Waals surface area contributed by atoms with Gasteiger partial charge in [-0.25, -0.2) is 4.98 Å². The van der Waals surface area contributed by atoms with Crippen LogP contribution < -0.4 is 10.2 Å². The highest BCUT2D eigenvalue weighted by Crippen LogP contribution is 2.28. The Bertz CT molecular complexity index is 930. The van der Waals surface area contributed by atoms with Gasteiger partial charge in [-0.1, -0.05) is 36.4 Å². The van der Waals surface area contributed by atoms with Crippen LogP contribution in [0.3, 0.4) is 0 Å². The Labute approximate surface area is 161 Å². The highest BCUT2D eigenvalue weighted by molar-refractivity contribution is 5.92. The van der Waals surface area contributed by atoms with Gasteiger partial charge < -0.3 is 15.1 Å². The first-order chi connectivity index (χ1) is 13.1. The van der Waals surface area contributed by atoms with Crippen LogP contribution in [-0.2, 0) is 6.54 Å². The zero-order valence-electron chi connectivity index (χ0n) is 16.4. The lowest BCUT2D eigenvalue weighted by atomic mass is 10.1. The summed E-state index contributed by atoms with van der Waals surface area (Å²) >= 11 is 0. The van der Waals surface area contributed by atoms with Gasteiger partial charge in [0.2, 0.25) is 5.95 Å². The van der Waals surface area contributed by atoms with Gasteiger partial charge in [-0.2, -0.15) is 4.98 Å². The molecule has 1 aliphatic rings. The summed E-state index contributed by atoms with van der Waals surface area (Å²) in [6.45, 7) is 9.03. The summed E-state index contributed by atoms with van der Waals surface area (Å²) in [5.74, 6) is 1.75.